The van der Waals surface area contributed by atoms with Crippen molar-refractivity contribution in [1.82, 2.24) is 10.3 Å². The first-order chi connectivity index (χ1) is 15.9. The van der Waals surface area contributed by atoms with Gasteiger partial charge in [0.05, 0.1) is 11.2 Å². The molecule has 1 amide bonds. The number of halogens is 1. The van der Waals surface area contributed by atoms with Crippen LogP contribution in [0.2, 0.25) is 5.02 Å². The topological polar surface area (TPSA) is 89.8 Å². The van der Waals surface area contributed by atoms with E-state index in [1.54, 1.807) is 36.4 Å². The highest BCUT2D eigenvalue weighted by atomic mass is 35.5. The number of aromatic hydroxyl groups is 1. The summed E-state index contributed by atoms with van der Waals surface area (Å²) in [5.74, 6) is -0.194. The van der Waals surface area contributed by atoms with Crippen LogP contribution in [0.4, 0.5) is 11.4 Å². The standard InChI is InChI=1S/C26H25ClN4O2/c1-16(8-9-18-6-4-3-5-7-18)28-25(32)19-10-12-20(13-11-19)30-31-24-21-14-15-22(27)17(2)23(21)29-26(24)33/h3-7,10-16,29,33H,8-9H2,1-2H3,(H,28,32)/t16-/m0/s1. The van der Waals surface area contributed by atoms with Crippen molar-refractivity contribution >= 4 is 39.8 Å². The predicted octanol–water partition coefficient (Wildman–Crippen LogP) is 7.00. The maximum Gasteiger partial charge on any atom is 0.251 e. The molecule has 168 valence electrons. The Balaban J connectivity index is 1.39. The molecule has 1 aromatic heterocycles. The number of nitrogens with zero attached hydrogens (tertiary/aromatic N) is 2. The smallest absolute Gasteiger partial charge is 0.251 e. The second-order valence-corrected chi connectivity index (χ2v) is 8.47. The summed E-state index contributed by atoms with van der Waals surface area (Å²) in [6.07, 6.45) is 1.77. The lowest BCUT2D eigenvalue weighted by atomic mass is 10.1. The van der Waals surface area contributed by atoms with Crippen molar-refractivity contribution in [2.24, 2.45) is 10.2 Å². The van der Waals surface area contributed by atoms with Gasteiger partial charge in [0.15, 0.2) is 5.69 Å². The fourth-order valence-corrected chi connectivity index (χ4v) is 3.80. The Labute approximate surface area is 197 Å². The minimum absolute atomic E-state index is 0.0545. The van der Waals surface area contributed by atoms with E-state index < -0.39 is 0 Å². The Morgan fingerprint density at radius 3 is 2.52 bits per heavy atom. The summed E-state index contributed by atoms with van der Waals surface area (Å²) in [7, 11) is 0. The Morgan fingerprint density at radius 2 is 1.79 bits per heavy atom. The number of aromatic amines is 1. The van der Waals surface area contributed by atoms with Crippen LogP contribution in [0, 0.1) is 6.92 Å². The molecule has 0 spiro atoms. The molecule has 4 aromatic rings. The number of aryl methyl sites for hydroxylation is 2. The molecule has 0 bridgehead atoms. The Morgan fingerprint density at radius 1 is 1.06 bits per heavy atom. The minimum Gasteiger partial charge on any atom is -0.493 e. The summed E-state index contributed by atoms with van der Waals surface area (Å²) in [5.41, 5.74) is 4.29. The van der Waals surface area contributed by atoms with Gasteiger partial charge in [-0.25, -0.2) is 0 Å². The molecule has 3 aromatic carbocycles. The number of rotatable bonds is 7. The molecule has 1 atom stereocenters. The molecule has 0 saturated heterocycles. The van der Waals surface area contributed by atoms with Gasteiger partial charge in [0.2, 0.25) is 5.88 Å². The fourth-order valence-electron chi connectivity index (χ4n) is 3.65. The first kappa shape index (κ1) is 22.6. The zero-order chi connectivity index (χ0) is 23.4. The lowest BCUT2D eigenvalue weighted by molar-refractivity contribution is 0.0938. The quantitative estimate of drug-likeness (QED) is 0.259. The molecular formula is C26H25ClN4O2. The highest BCUT2D eigenvalue weighted by Crippen LogP contribution is 2.39. The molecule has 0 aliphatic carbocycles. The van der Waals surface area contributed by atoms with Crippen molar-refractivity contribution in [3.63, 3.8) is 0 Å². The van der Waals surface area contributed by atoms with Gasteiger partial charge in [-0.3, -0.25) is 4.79 Å². The normalized spacial score (nSPS) is 12.3. The number of nitrogens with one attached hydrogen (secondary N) is 2. The zero-order valence-corrected chi connectivity index (χ0v) is 19.2. The molecule has 33 heavy (non-hydrogen) atoms. The minimum atomic E-state index is -0.124. The number of hydrogen-bond acceptors (Lipinski definition) is 4. The average Bonchev–Trinajstić information content (AvgIpc) is 3.15. The van der Waals surface area contributed by atoms with Crippen LogP contribution >= 0.6 is 11.6 Å². The van der Waals surface area contributed by atoms with Gasteiger partial charge in [0, 0.05) is 22.0 Å². The van der Waals surface area contributed by atoms with E-state index in [4.69, 9.17) is 11.6 Å². The number of aromatic nitrogens is 1. The number of H-pyrrole nitrogens is 1. The number of carbonyl (C=O) groups is 1. The van der Waals surface area contributed by atoms with Crippen LogP contribution in [0.25, 0.3) is 10.9 Å². The summed E-state index contributed by atoms with van der Waals surface area (Å²) in [4.78, 5) is 15.5. The summed E-state index contributed by atoms with van der Waals surface area (Å²) < 4.78 is 0. The Hall–Kier alpha value is -3.64. The molecule has 0 saturated carbocycles. The van der Waals surface area contributed by atoms with Crippen molar-refractivity contribution in [3.05, 3.63) is 88.4 Å². The largest absolute Gasteiger partial charge is 0.493 e. The van der Waals surface area contributed by atoms with Crippen LogP contribution in [0.15, 0.2) is 77.0 Å². The van der Waals surface area contributed by atoms with Gasteiger partial charge >= 0.3 is 0 Å². The van der Waals surface area contributed by atoms with Crippen molar-refractivity contribution < 1.29 is 9.90 Å². The van der Waals surface area contributed by atoms with Crippen LogP contribution in [0.3, 0.4) is 0 Å². The molecule has 3 N–H and O–H groups in total. The second kappa shape index (κ2) is 9.88. The van der Waals surface area contributed by atoms with E-state index in [9.17, 15) is 9.90 Å². The Kier molecular flexibility index (Phi) is 6.75. The average molecular weight is 461 g/mol. The van der Waals surface area contributed by atoms with Gasteiger partial charge in [0.25, 0.3) is 5.91 Å². The van der Waals surface area contributed by atoms with E-state index >= 15 is 0 Å². The third-order valence-corrected chi connectivity index (χ3v) is 6.01. The molecule has 0 radical (unpaired) electrons. The number of benzene rings is 3. The molecule has 0 unspecified atom stereocenters. The molecule has 0 fully saturated rings. The van der Waals surface area contributed by atoms with E-state index in [-0.39, 0.29) is 17.8 Å². The first-order valence-corrected chi connectivity index (χ1v) is 11.2. The molecule has 0 aliphatic rings. The molecular weight excluding hydrogens is 436 g/mol. The van der Waals surface area contributed by atoms with E-state index in [1.807, 2.05) is 32.0 Å². The Bertz CT molecular complexity index is 1300. The highest BCUT2D eigenvalue weighted by Gasteiger charge is 2.14. The number of carbonyl (C=O) groups excluding carboxylic acids is 1. The van der Waals surface area contributed by atoms with Crippen LogP contribution in [-0.4, -0.2) is 22.0 Å². The monoisotopic (exact) mass is 460 g/mol. The number of amides is 1. The summed E-state index contributed by atoms with van der Waals surface area (Å²) in [5, 5.41) is 23.0. The summed E-state index contributed by atoms with van der Waals surface area (Å²) in [6, 6.07) is 20.7. The first-order valence-electron chi connectivity index (χ1n) is 10.8. The zero-order valence-electron chi connectivity index (χ0n) is 18.5. The van der Waals surface area contributed by atoms with Gasteiger partial charge in [-0.15, -0.1) is 5.11 Å². The van der Waals surface area contributed by atoms with Crippen LogP contribution in [-0.2, 0) is 6.42 Å². The van der Waals surface area contributed by atoms with Crippen LogP contribution < -0.4 is 5.32 Å². The van der Waals surface area contributed by atoms with E-state index in [1.165, 1.54) is 5.56 Å². The van der Waals surface area contributed by atoms with Gasteiger partial charge in [-0.05, 0) is 74.2 Å². The number of fused-ring (bicyclic) bond motifs is 1. The lowest BCUT2D eigenvalue weighted by Crippen LogP contribution is -2.32. The molecule has 6 nitrogen and oxygen atoms in total. The van der Waals surface area contributed by atoms with Crippen molar-refractivity contribution in [3.8, 4) is 5.88 Å². The fraction of sp³-hybridized carbons (Fsp3) is 0.192. The maximum absolute atomic E-state index is 12.6. The van der Waals surface area contributed by atoms with Crippen molar-refractivity contribution in [1.29, 1.82) is 0 Å². The van der Waals surface area contributed by atoms with E-state index in [2.05, 4.69) is 32.7 Å². The molecule has 1 heterocycles. The van der Waals surface area contributed by atoms with Crippen molar-refractivity contribution in [2.75, 3.05) is 0 Å². The van der Waals surface area contributed by atoms with E-state index in [0.29, 0.717) is 22.0 Å². The number of hydrogen-bond donors (Lipinski definition) is 3. The van der Waals surface area contributed by atoms with Gasteiger partial charge in [0.1, 0.15) is 0 Å². The molecule has 4 rings (SSSR count). The maximum atomic E-state index is 12.6. The van der Waals surface area contributed by atoms with Gasteiger partial charge in [-0.2, -0.15) is 5.11 Å². The SMILES string of the molecule is Cc1c(Cl)ccc2c(N=Nc3ccc(C(=O)N[C@@H](C)CCc4ccccc4)cc3)c(O)[nH]c12. The van der Waals surface area contributed by atoms with Crippen LogP contribution in [0.1, 0.15) is 34.8 Å². The molecule has 7 heteroatoms. The molecule has 0 aliphatic heterocycles. The summed E-state index contributed by atoms with van der Waals surface area (Å²) in [6.45, 7) is 3.87. The van der Waals surface area contributed by atoms with Gasteiger partial charge < -0.3 is 15.4 Å². The van der Waals surface area contributed by atoms with Crippen LogP contribution in [0.5, 0.6) is 5.88 Å². The summed E-state index contributed by atoms with van der Waals surface area (Å²) >= 11 is 6.15. The third-order valence-electron chi connectivity index (χ3n) is 5.60. The van der Waals surface area contributed by atoms with E-state index in [0.717, 1.165) is 29.3 Å². The highest BCUT2D eigenvalue weighted by molar-refractivity contribution is 6.32. The third kappa shape index (κ3) is 5.23. The predicted molar refractivity (Wildman–Crippen MR) is 132 cm³/mol. The second-order valence-electron chi connectivity index (χ2n) is 8.06. The lowest BCUT2D eigenvalue weighted by Gasteiger charge is -2.14. The van der Waals surface area contributed by atoms with Crippen molar-refractivity contribution in [2.45, 2.75) is 32.7 Å². The van der Waals surface area contributed by atoms with Gasteiger partial charge in [-0.1, -0.05) is 41.9 Å². The number of azo groups is 1.